The van der Waals surface area contributed by atoms with Gasteiger partial charge in [0.05, 0.1) is 5.56 Å². The maximum Gasteiger partial charge on any atom is 0.256 e. The van der Waals surface area contributed by atoms with Crippen molar-refractivity contribution in [3.05, 3.63) is 71.8 Å². The summed E-state index contributed by atoms with van der Waals surface area (Å²) in [5, 5.41) is 3.27. The monoisotopic (exact) mass is 368 g/mol. The van der Waals surface area contributed by atoms with Crippen LogP contribution in [0.3, 0.4) is 0 Å². The molecule has 0 saturated heterocycles. The van der Waals surface area contributed by atoms with E-state index in [1.807, 2.05) is 48.7 Å². The Morgan fingerprint density at radius 3 is 2.32 bits per heavy atom. The molecule has 0 radical (unpaired) electrons. The topological polar surface area (TPSA) is 72.2 Å². The van der Waals surface area contributed by atoms with Crippen LogP contribution in [0, 0.1) is 0 Å². The van der Waals surface area contributed by atoms with E-state index in [0.29, 0.717) is 16.1 Å². The number of nitrogens with one attached hydrogen (secondary N) is 1. The van der Waals surface area contributed by atoms with Gasteiger partial charge in [-0.15, -0.1) is 23.1 Å². The fourth-order valence-electron chi connectivity index (χ4n) is 2.33. The zero-order valence-electron chi connectivity index (χ0n) is 13.5. The molecule has 0 aliphatic rings. The summed E-state index contributed by atoms with van der Waals surface area (Å²) in [6.45, 7) is 0. The molecule has 3 N–H and O–H groups in total. The first kappa shape index (κ1) is 17.3. The van der Waals surface area contributed by atoms with Gasteiger partial charge in [0.1, 0.15) is 5.00 Å². The number of thiophene rings is 1. The van der Waals surface area contributed by atoms with Crippen LogP contribution in [0.4, 0.5) is 5.00 Å². The molecule has 0 saturated carbocycles. The largest absolute Gasteiger partial charge is 0.366 e. The van der Waals surface area contributed by atoms with E-state index >= 15 is 0 Å². The van der Waals surface area contributed by atoms with Crippen LogP contribution in [0.2, 0.25) is 0 Å². The zero-order chi connectivity index (χ0) is 17.8. The zero-order valence-corrected chi connectivity index (χ0v) is 15.1. The molecule has 6 heteroatoms. The van der Waals surface area contributed by atoms with Crippen molar-refractivity contribution < 1.29 is 9.59 Å². The second-order valence-electron chi connectivity index (χ2n) is 5.27. The molecule has 0 unspecified atom stereocenters. The Morgan fingerprint density at radius 1 is 1.04 bits per heavy atom. The van der Waals surface area contributed by atoms with Gasteiger partial charge in [-0.05, 0) is 42.2 Å². The van der Waals surface area contributed by atoms with Gasteiger partial charge in [-0.1, -0.05) is 30.3 Å². The van der Waals surface area contributed by atoms with Crippen molar-refractivity contribution >= 4 is 39.9 Å². The van der Waals surface area contributed by atoms with E-state index in [-0.39, 0.29) is 5.91 Å². The van der Waals surface area contributed by atoms with E-state index in [0.717, 1.165) is 15.3 Å². The smallest absolute Gasteiger partial charge is 0.256 e. The fourth-order valence-corrected chi connectivity index (χ4v) is 3.80. The summed E-state index contributed by atoms with van der Waals surface area (Å²) < 4.78 is 0. The van der Waals surface area contributed by atoms with Crippen LogP contribution in [-0.2, 0) is 0 Å². The van der Waals surface area contributed by atoms with E-state index in [4.69, 9.17) is 5.73 Å². The van der Waals surface area contributed by atoms with Crippen LogP contribution in [0.15, 0.2) is 65.6 Å². The van der Waals surface area contributed by atoms with Gasteiger partial charge in [0.25, 0.3) is 11.8 Å². The lowest BCUT2D eigenvalue weighted by molar-refractivity contribution is 0.100. The molecule has 25 heavy (non-hydrogen) atoms. The van der Waals surface area contributed by atoms with E-state index in [2.05, 4.69) is 5.32 Å². The van der Waals surface area contributed by atoms with Crippen molar-refractivity contribution in [2.45, 2.75) is 4.90 Å². The molecule has 0 spiro atoms. The van der Waals surface area contributed by atoms with Crippen LogP contribution in [0.1, 0.15) is 20.7 Å². The lowest BCUT2D eigenvalue weighted by Gasteiger charge is -2.05. The van der Waals surface area contributed by atoms with Crippen LogP contribution in [0.25, 0.3) is 10.4 Å². The molecule has 0 aliphatic carbocycles. The maximum atomic E-state index is 12.5. The highest BCUT2D eigenvalue weighted by atomic mass is 32.2. The third-order valence-electron chi connectivity index (χ3n) is 3.64. The second kappa shape index (κ2) is 7.55. The first-order valence-electron chi connectivity index (χ1n) is 7.53. The number of carbonyl (C=O) groups excluding carboxylic acids is 2. The Labute approximate surface area is 154 Å². The number of hydrogen-bond donors (Lipinski definition) is 2. The number of carbonyl (C=O) groups is 2. The van der Waals surface area contributed by atoms with Crippen molar-refractivity contribution in [2.24, 2.45) is 5.73 Å². The molecule has 126 valence electrons. The first-order chi connectivity index (χ1) is 12.1. The predicted octanol–water partition coefficient (Wildman–Crippen LogP) is 4.49. The van der Waals surface area contributed by atoms with Gasteiger partial charge in [-0.3, -0.25) is 9.59 Å². The van der Waals surface area contributed by atoms with Gasteiger partial charge in [0.15, 0.2) is 0 Å². The summed E-state index contributed by atoms with van der Waals surface area (Å²) in [5.41, 5.74) is 7.29. The van der Waals surface area contributed by atoms with Crippen molar-refractivity contribution in [3.63, 3.8) is 0 Å². The third kappa shape index (κ3) is 3.92. The predicted molar refractivity (Wildman–Crippen MR) is 104 cm³/mol. The van der Waals surface area contributed by atoms with Crippen molar-refractivity contribution in [1.82, 2.24) is 0 Å². The summed E-state index contributed by atoms with van der Waals surface area (Å²) in [5.74, 6) is -0.830. The number of hydrogen-bond acceptors (Lipinski definition) is 4. The van der Waals surface area contributed by atoms with Gasteiger partial charge in [-0.2, -0.15) is 0 Å². The minimum Gasteiger partial charge on any atom is -0.366 e. The van der Waals surface area contributed by atoms with E-state index in [1.54, 1.807) is 30.0 Å². The molecule has 3 aromatic rings. The summed E-state index contributed by atoms with van der Waals surface area (Å²) in [7, 11) is 0. The van der Waals surface area contributed by atoms with Crippen LogP contribution in [0.5, 0.6) is 0 Å². The Morgan fingerprint density at radius 2 is 1.72 bits per heavy atom. The van der Waals surface area contributed by atoms with Gasteiger partial charge < -0.3 is 11.1 Å². The van der Waals surface area contributed by atoms with Crippen molar-refractivity contribution in [2.75, 3.05) is 11.6 Å². The Hall–Kier alpha value is -2.57. The Bertz CT molecular complexity index is 903. The van der Waals surface area contributed by atoms with Gasteiger partial charge >= 0.3 is 0 Å². The number of rotatable bonds is 5. The number of primary amides is 1. The van der Waals surface area contributed by atoms with Crippen LogP contribution >= 0.6 is 23.1 Å². The molecule has 1 aromatic heterocycles. The molecular formula is C19H16N2O2S2. The Balaban J connectivity index is 1.89. The van der Waals surface area contributed by atoms with Gasteiger partial charge in [0, 0.05) is 15.3 Å². The molecule has 1 heterocycles. The maximum absolute atomic E-state index is 12.5. The second-order valence-corrected chi connectivity index (χ2v) is 7.20. The number of thioether (sulfide) groups is 1. The minimum atomic E-state index is -0.563. The quantitative estimate of drug-likeness (QED) is 0.652. The average molecular weight is 368 g/mol. The molecule has 2 aromatic carbocycles. The number of anilines is 1. The van der Waals surface area contributed by atoms with E-state index in [9.17, 15) is 9.59 Å². The van der Waals surface area contributed by atoms with Crippen molar-refractivity contribution in [3.8, 4) is 10.4 Å². The summed E-state index contributed by atoms with van der Waals surface area (Å²) >= 11 is 2.94. The van der Waals surface area contributed by atoms with Crippen LogP contribution in [-0.4, -0.2) is 18.1 Å². The first-order valence-corrected chi connectivity index (χ1v) is 9.57. The standard InChI is InChI=1S/C19H16N2O2S2/c1-24-14-9-7-13(8-10-14)18(23)21-19-15(17(20)22)11-16(25-19)12-5-3-2-4-6-12/h2-11H,1H3,(H2,20,22)(H,21,23). The molecule has 3 rings (SSSR count). The molecule has 0 atom stereocenters. The fraction of sp³-hybridized carbons (Fsp3) is 0.0526. The SMILES string of the molecule is CSc1ccc(C(=O)Nc2sc(-c3ccccc3)cc2C(N)=O)cc1. The van der Waals surface area contributed by atoms with E-state index in [1.165, 1.54) is 11.3 Å². The van der Waals surface area contributed by atoms with Gasteiger partial charge in [0.2, 0.25) is 0 Å². The van der Waals surface area contributed by atoms with Gasteiger partial charge in [-0.25, -0.2) is 0 Å². The highest BCUT2D eigenvalue weighted by Gasteiger charge is 2.17. The summed E-state index contributed by atoms with van der Waals surface area (Å²) in [4.78, 5) is 26.2. The normalized spacial score (nSPS) is 10.4. The van der Waals surface area contributed by atoms with Crippen molar-refractivity contribution in [1.29, 1.82) is 0 Å². The third-order valence-corrected chi connectivity index (χ3v) is 5.48. The molecular weight excluding hydrogens is 352 g/mol. The van der Waals surface area contributed by atoms with E-state index < -0.39 is 5.91 Å². The molecule has 0 fully saturated rings. The van der Waals surface area contributed by atoms with Crippen LogP contribution < -0.4 is 11.1 Å². The average Bonchev–Trinajstić information content (AvgIpc) is 3.06. The summed E-state index contributed by atoms with van der Waals surface area (Å²) in [6, 6.07) is 18.7. The molecule has 0 bridgehead atoms. The lowest BCUT2D eigenvalue weighted by Crippen LogP contribution is -2.16. The molecule has 0 aliphatic heterocycles. The number of nitrogens with two attached hydrogens (primary N) is 1. The number of amides is 2. The minimum absolute atomic E-state index is 0.267. The Kier molecular flexibility index (Phi) is 5.21. The number of benzene rings is 2. The molecule has 4 nitrogen and oxygen atoms in total. The highest BCUT2D eigenvalue weighted by Crippen LogP contribution is 2.35. The lowest BCUT2D eigenvalue weighted by atomic mass is 10.1. The molecule has 2 amide bonds. The summed E-state index contributed by atoms with van der Waals surface area (Å²) in [6.07, 6.45) is 1.98. The highest BCUT2D eigenvalue weighted by molar-refractivity contribution is 7.98.